The van der Waals surface area contributed by atoms with Crippen molar-refractivity contribution < 1.29 is 13.2 Å². The number of hydrogen-bond acceptors (Lipinski definition) is 4. The summed E-state index contributed by atoms with van der Waals surface area (Å²) in [5.41, 5.74) is -0.681. The third-order valence-electron chi connectivity index (χ3n) is 3.57. The molecule has 0 radical (unpaired) electrons. The van der Waals surface area contributed by atoms with Gasteiger partial charge in [-0.1, -0.05) is 0 Å². The quantitative estimate of drug-likeness (QED) is 0.877. The molecule has 21 heavy (non-hydrogen) atoms. The summed E-state index contributed by atoms with van der Waals surface area (Å²) in [6.45, 7) is 4.99. The maximum Gasteiger partial charge on any atom is 0.416 e. The molecule has 1 aliphatic rings. The van der Waals surface area contributed by atoms with Gasteiger partial charge >= 0.3 is 6.18 Å². The Bertz CT molecular complexity index is 476. The molecule has 0 aromatic carbocycles. The topological polar surface area (TPSA) is 40.2 Å². The van der Waals surface area contributed by atoms with Gasteiger partial charge in [0.2, 0.25) is 0 Å². The minimum atomic E-state index is -4.36. The van der Waals surface area contributed by atoms with Gasteiger partial charge < -0.3 is 15.5 Å². The average Bonchev–Trinajstić information content (AvgIpc) is 2.81. The van der Waals surface area contributed by atoms with Crippen LogP contribution < -0.4 is 10.6 Å². The zero-order valence-electron chi connectivity index (χ0n) is 12.3. The Kier molecular flexibility index (Phi) is 4.92. The minimum absolute atomic E-state index is 0.248. The maximum atomic E-state index is 12.9. The van der Waals surface area contributed by atoms with Crippen LogP contribution in [0.3, 0.4) is 0 Å². The second kappa shape index (κ2) is 6.51. The lowest BCUT2D eigenvalue weighted by Gasteiger charge is -2.15. The number of pyridine rings is 1. The lowest BCUT2D eigenvalue weighted by atomic mass is 10.1. The van der Waals surface area contributed by atoms with Gasteiger partial charge in [0.05, 0.1) is 5.56 Å². The van der Waals surface area contributed by atoms with E-state index in [2.05, 4.69) is 20.5 Å². The number of alkyl halides is 3. The highest BCUT2D eigenvalue weighted by Gasteiger charge is 2.31. The number of nitrogens with zero attached hydrogens (tertiary/aromatic N) is 2. The van der Waals surface area contributed by atoms with E-state index < -0.39 is 11.7 Å². The molecule has 2 rings (SSSR count). The Balaban J connectivity index is 2.08. The summed E-state index contributed by atoms with van der Waals surface area (Å²) in [6, 6.07) is 2.11. The van der Waals surface area contributed by atoms with Crippen LogP contribution in [0.25, 0.3) is 0 Å². The van der Waals surface area contributed by atoms with E-state index in [1.165, 1.54) is 0 Å². The molecule has 1 aliphatic heterocycles. The summed E-state index contributed by atoms with van der Waals surface area (Å²) < 4.78 is 38.7. The zero-order valence-corrected chi connectivity index (χ0v) is 12.3. The van der Waals surface area contributed by atoms with Crippen molar-refractivity contribution in [2.45, 2.75) is 19.5 Å². The van der Waals surface area contributed by atoms with Gasteiger partial charge in [0.1, 0.15) is 11.6 Å². The van der Waals surface area contributed by atoms with Crippen molar-refractivity contribution in [3.63, 3.8) is 0 Å². The van der Waals surface area contributed by atoms with Crippen molar-refractivity contribution in [2.24, 2.45) is 5.92 Å². The number of halogens is 3. The smallest absolute Gasteiger partial charge is 0.370 e. The maximum absolute atomic E-state index is 12.9. The van der Waals surface area contributed by atoms with E-state index in [0.717, 1.165) is 31.6 Å². The largest absolute Gasteiger partial charge is 0.416 e. The van der Waals surface area contributed by atoms with Crippen molar-refractivity contribution in [3.8, 4) is 0 Å². The first-order valence-electron chi connectivity index (χ1n) is 7.14. The van der Waals surface area contributed by atoms with Crippen LogP contribution in [-0.4, -0.2) is 43.1 Å². The van der Waals surface area contributed by atoms with Crippen LogP contribution in [0.4, 0.5) is 24.8 Å². The zero-order chi connectivity index (χ0) is 15.5. The van der Waals surface area contributed by atoms with E-state index in [4.69, 9.17) is 0 Å². The predicted octanol–water partition coefficient (Wildman–Crippen LogP) is 2.90. The lowest BCUT2D eigenvalue weighted by molar-refractivity contribution is -0.137. The summed E-state index contributed by atoms with van der Waals surface area (Å²) >= 11 is 0. The van der Waals surface area contributed by atoms with Crippen LogP contribution in [0.2, 0.25) is 0 Å². The van der Waals surface area contributed by atoms with Crippen LogP contribution in [0, 0.1) is 5.92 Å². The van der Waals surface area contributed by atoms with Gasteiger partial charge in [-0.15, -0.1) is 0 Å². The van der Waals surface area contributed by atoms with Gasteiger partial charge in [-0.25, -0.2) is 4.98 Å². The Morgan fingerprint density at radius 1 is 1.29 bits per heavy atom. The van der Waals surface area contributed by atoms with Crippen molar-refractivity contribution in [2.75, 3.05) is 43.9 Å². The van der Waals surface area contributed by atoms with Crippen LogP contribution in [0.1, 0.15) is 18.9 Å². The lowest BCUT2D eigenvalue weighted by Crippen LogP contribution is -2.20. The first-order chi connectivity index (χ1) is 9.88. The fourth-order valence-electron chi connectivity index (χ4n) is 2.50. The molecule has 7 heteroatoms. The van der Waals surface area contributed by atoms with Gasteiger partial charge in [-0.3, -0.25) is 0 Å². The van der Waals surface area contributed by atoms with E-state index >= 15 is 0 Å². The van der Waals surface area contributed by atoms with Crippen LogP contribution in [0.15, 0.2) is 12.1 Å². The van der Waals surface area contributed by atoms with Gasteiger partial charge in [0, 0.05) is 19.6 Å². The Hall–Kier alpha value is -1.50. The number of rotatable bonds is 5. The molecule has 0 amide bonds. The Morgan fingerprint density at radius 3 is 2.48 bits per heavy atom. The van der Waals surface area contributed by atoms with Gasteiger partial charge in [-0.2, -0.15) is 13.2 Å². The van der Waals surface area contributed by atoms with E-state index in [1.54, 1.807) is 0 Å². The van der Waals surface area contributed by atoms with Gasteiger partial charge in [0.15, 0.2) is 0 Å². The average molecular weight is 302 g/mol. The van der Waals surface area contributed by atoms with E-state index in [0.29, 0.717) is 19.0 Å². The number of aromatic nitrogens is 1. The molecule has 0 spiro atoms. The molecule has 0 aliphatic carbocycles. The first-order valence-corrected chi connectivity index (χ1v) is 7.14. The van der Waals surface area contributed by atoms with Crippen molar-refractivity contribution in [3.05, 3.63) is 17.7 Å². The molecule has 1 aromatic rings. The predicted molar refractivity (Wildman–Crippen MR) is 77.5 cm³/mol. The standard InChI is InChI=1S/C14H21F3N4/c1-3-18-12-6-11(14(15,16)17)7-13(20-12)19-8-10-4-5-21(2)9-10/h6-7,10H,3-5,8-9H2,1-2H3,(H2,18,19,20). The molecule has 2 heterocycles. The van der Waals surface area contributed by atoms with E-state index in [9.17, 15) is 13.2 Å². The molecule has 1 aromatic heterocycles. The SMILES string of the molecule is CCNc1cc(C(F)(F)F)cc(NCC2CCN(C)C2)n1. The second-order valence-electron chi connectivity index (χ2n) is 5.45. The normalized spacial score (nSPS) is 19.8. The highest BCUT2D eigenvalue weighted by Crippen LogP contribution is 2.32. The Labute approximate surface area is 122 Å². The molecular formula is C14H21F3N4. The summed E-state index contributed by atoms with van der Waals surface area (Å²) in [4.78, 5) is 6.40. The summed E-state index contributed by atoms with van der Waals surface area (Å²) in [6.07, 6.45) is -3.31. The number of anilines is 2. The fraction of sp³-hybridized carbons (Fsp3) is 0.643. The monoisotopic (exact) mass is 302 g/mol. The highest BCUT2D eigenvalue weighted by molar-refractivity contribution is 5.49. The summed E-state index contributed by atoms with van der Waals surface area (Å²) in [7, 11) is 2.05. The summed E-state index contributed by atoms with van der Waals surface area (Å²) in [5, 5.41) is 5.88. The van der Waals surface area contributed by atoms with Gasteiger partial charge in [-0.05, 0) is 45.0 Å². The molecular weight excluding hydrogens is 281 g/mol. The minimum Gasteiger partial charge on any atom is -0.370 e. The third kappa shape index (κ3) is 4.49. The highest BCUT2D eigenvalue weighted by atomic mass is 19.4. The summed E-state index contributed by atoms with van der Waals surface area (Å²) in [5.74, 6) is 0.975. The third-order valence-corrected chi connectivity index (χ3v) is 3.57. The second-order valence-corrected chi connectivity index (χ2v) is 5.45. The van der Waals surface area contributed by atoms with Gasteiger partial charge in [0.25, 0.3) is 0 Å². The molecule has 0 bridgehead atoms. The molecule has 1 atom stereocenters. The molecule has 118 valence electrons. The number of hydrogen-bond donors (Lipinski definition) is 2. The molecule has 1 fully saturated rings. The van der Waals surface area contributed by atoms with Crippen LogP contribution >= 0.6 is 0 Å². The van der Waals surface area contributed by atoms with Crippen LogP contribution in [-0.2, 0) is 6.18 Å². The molecule has 1 unspecified atom stereocenters. The molecule has 4 nitrogen and oxygen atoms in total. The molecule has 0 saturated carbocycles. The molecule has 1 saturated heterocycles. The molecule has 2 N–H and O–H groups in total. The van der Waals surface area contributed by atoms with Crippen molar-refractivity contribution in [1.82, 2.24) is 9.88 Å². The van der Waals surface area contributed by atoms with E-state index in [1.807, 2.05) is 14.0 Å². The Morgan fingerprint density at radius 2 is 1.95 bits per heavy atom. The van der Waals surface area contributed by atoms with Crippen molar-refractivity contribution in [1.29, 1.82) is 0 Å². The number of nitrogens with one attached hydrogen (secondary N) is 2. The van der Waals surface area contributed by atoms with E-state index in [-0.39, 0.29) is 11.6 Å². The fourth-order valence-corrected chi connectivity index (χ4v) is 2.50. The first kappa shape index (κ1) is 15.9. The van der Waals surface area contributed by atoms with Crippen LogP contribution in [0.5, 0.6) is 0 Å². The van der Waals surface area contributed by atoms with Crippen molar-refractivity contribution >= 4 is 11.6 Å². The number of likely N-dealkylation sites (tertiary alicyclic amines) is 1.